The third-order valence-corrected chi connectivity index (χ3v) is 5.46. The lowest BCUT2D eigenvalue weighted by Gasteiger charge is -2.38. The van der Waals surface area contributed by atoms with E-state index in [9.17, 15) is 4.79 Å². The summed E-state index contributed by atoms with van der Waals surface area (Å²) in [4.78, 5) is 19.1. The van der Waals surface area contributed by atoms with Gasteiger partial charge in [0.2, 0.25) is 0 Å². The lowest BCUT2D eigenvalue weighted by atomic mass is 10.0. The predicted molar refractivity (Wildman–Crippen MR) is 119 cm³/mol. The monoisotopic (exact) mass is 452 g/mol. The first kappa shape index (κ1) is 24.7. The van der Waals surface area contributed by atoms with E-state index in [1.54, 1.807) is 25.6 Å². The average Bonchev–Trinajstić information content (AvgIpc) is 2.76. The first-order valence-corrected chi connectivity index (χ1v) is 10.1. The molecule has 170 valence electrons. The molecule has 10 heteroatoms. The number of hydrogen-bond donors (Lipinski definition) is 2. The maximum absolute atomic E-state index is 12.8. The molecule has 1 fully saturated rings. The quantitative estimate of drug-likeness (QED) is 0.579. The highest BCUT2D eigenvalue weighted by atomic mass is 35.5. The Balaban J connectivity index is 0.00000341. The number of aromatic nitrogens is 1. The molecule has 1 aliphatic rings. The highest BCUT2D eigenvalue weighted by molar-refractivity contribution is 6.33. The Hall–Kier alpha value is -2.59. The van der Waals surface area contributed by atoms with E-state index in [1.807, 2.05) is 12.1 Å². The lowest BCUT2D eigenvalue weighted by molar-refractivity contribution is 0.00321. The molecule has 31 heavy (non-hydrogen) atoms. The number of piperidine rings is 1. The maximum atomic E-state index is 12.8. The van der Waals surface area contributed by atoms with Gasteiger partial charge in [-0.2, -0.15) is 0 Å². The molecule has 1 aromatic carbocycles. The van der Waals surface area contributed by atoms with E-state index < -0.39 is 0 Å². The van der Waals surface area contributed by atoms with Gasteiger partial charge in [0.25, 0.3) is 5.91 Å². The van der Waals surface area contributed by atoms with Gasteiger partial charge in [-0.15, -0.1) is 0 Å². The van der Waals surface area contributed by atoms with Crippen LogP contribution in [0.4, 0.5) is 5.69 Å². The fourth-order valence-electron chi connectivity index (χ4n) is 3.47. The molecule has 0 aliphatic carbocycles. The van der Waals surface area contributed by atoms with Gasteiger partial charge in [0.15, 0.2) is 0 Å². The normalized spacial score (nSPS) is 18.7. The number of halogens is 1. The summed E-state index contributed by atoms with van der Waals surface area (Å²) in [5.41, 5.74) is 6.51. The number of ether oxygens (including phenoxy) is 3. The number of carbonyl (C=O) groups excluding carboxylic acids is 1. The SMILES string of the molecule is COc1cc(N)c(Cl)cc1C(=O)N[C@@H]1CCN(CCOc2cccnc2)C[C@@H]1OC.O. The van der Waals surface area contributed by atoms with Gasteiger partial charge in [0.05, 0.1) is 41.7 Å². The Bertz CT molecular complexity index is 855. The number of nitrogens with two attached hydrogens (primary N) is 1. The van der Waals surface area contributed by atoms with Crippen molar-refractivity contribution in [1.82, 2.24) is 15.2 Å². The summed E-state index contributed by atoms with van der Waals surface area (Å²) in [6.45, 7) is 2.83. The number of rotatable bonds is 8. The Kier molecular flexibility index (Phi) is 9.32. The molecule has 9 nitrogen and oxygen atoms in total. The minimum Gasteiger partial charge on any atom is -0.496 e. The Morgan fingerprint density at radius 2 is 2.19 bits per heavy atom. The van der Waals surface area contributed by atoms with Crippen molar-refractivity contribution in [2.24, 2.45) is 0 Å². The first-order valence-electron chi connectivity index (χ1n) is 9.73. The number of nitrogen functional groups attached to an aromatic ring is 1. The summed E-state index contributed by atoms with van der Waals surface area (Å²) in [5, 5.41) is 3.36. The second-order valence-electron chi connectivity index (χ2n) is 7.05. The molecule has 1 saturated heterocycles. The molecule has 1 aromatic heterocycles. The summed E-state index contributed by atoms with van der Waals surface area (Å²) in [5.74, 6) is 0.863. The van der Waals surface area contributed by atoms with Crippen molar-refractivity contribution in [2.75, 3.05) is 46.2 Å². The topological polar surface area (TPSA) is 130 Å². The summed E-state index contributed by atoms with van der Waals surface area (Å²) >= 11 is 6.09. The number of anilines is 1. The molecule has 5 N–H and O–H groups in total. The molecule has 2 aromatic rings. The maximum Gasteiger partial charge on any atom is 0.255 e. The van der Waals surface area contributed by atoms with Crippen molar-refractivity contribution >= 4 is 23.2 Å². The van der Waals surface area contributed by atoms with Crippen LogP contribution in [0.3, 0.4) is 0 Å². The van der Waals surface area contributed by atoms with E-state index in [1.165, 1.54) is 13.2 Å². The second-order valence-corrected chi connectivity index (χ2v) is 7.46. The molecule has 0 bridgehead atoms. The molecule has 0 radical (unpaired) electrons. The molecule has 2 heterocycles. The van der Waals surface area contributed by atoms with Crippen LogP contribution in [0, 0.1) is 0 Å². The average molecular weight is 453 g/mol. The van der Waals surface area contributed by atoms with Crippen molar-refractivity contribution in [3.05, 3.63) is 47.2 Å². The van der Waals surface area contributed by atoms with Gasteiger partial charge in [-0.3, -0.25) is 14.7 Å². The number of benzene rings is 1. The minimum absolute atomic E-state index is 0. The third kappa shape index (κ3) is 6.44. The summed E-state index contributed by atoms with van der Waals surface area (Å²) in [6.07, 6.45) is 4.01. The van der Waals surface area contributed by atoms with Crippen LogP contribution >= 0.6 is 11.6 Å². The zero-order valence-corrected chi connectivity index (χ0v) is 18.4. The second kappa shape index (κ2) is 11.7. The number of likely N-dealkylation sites (tertiary alicyclic amines) is 1. The van der Waals surface area contributed by atoms with E-state index in [4.69, 9.17) is 31.5 Å². The van der Waals surface area contributed by atoms with Crippen LogP contribution in [0.1, 0.15) is 16.8 Å². The Morgan fingerprint density at radius 1 is 1.39 bits per heavy atom. The van der Waals surface area contributed by atoms with E-state index in [2.05, 4.69) is 15.2 Å². The number of pyridine rings is 1. The largest absolute Gasteiger partial charge is 0.496 e. The van der Waals surface area contributed by atoms with Crippen molar-refractivity contribution in [1.29, 1.82) is 0 Å². The van der Waals surface area contributed by atoms with Crippen molar-refractivity contribution in [2.45, 2.75) is 18.6 Å². The highest BCUT2D eigenvalue weighted by Crippen LogP contribution is 2.29. The Labute approximate surface area is 186 Å². The van der Waals surface area contributed by atoms with E-state index in [0.29, 0.717) is 35.2 Å². The third-order valence-electron chi connectivity index (χ3n) is 5.14. The number of nitrogens with zero attached hydrogens (tertiary/aromatic N) is 2. The zero-order chi connectivity index (χ0) is 21.5. The fourth-order valence-corrected chi connectivity index (χ4v) is 3.64. The number of nitrogens with one attached hydrogen (secondary N) is 1. The first-order chi connectivity index (χ1) is 14.5. The van der Waals surface area contributed by atoms with E-state index in [-0.39, 0.29) is 23.5 Å². The van der Waals surface area contributed by atoms with Gasteiger partial charge in [-0.1, -0.05) is 11.6 Å². The van der Waals surface area contributed by atoms with Gasteiger partial charge < -0.3 is 30.7 Å². The molecule has 0 spiro atoms. The molecule has 1 aliphatic heterocycles. The van der Waals surface area contributed by atoms with Crippen molar-refractivity contribution in [3.63, 3.8) is 0 Å². The molecule has 0 saturated carbocycles. The highest BCUT2D eigenvalue weighted by Gasteiger charge is 2.31. The lowest BCUT2D eigenvalue weighted by Crippen LogP contribution is -2.55. The van der Waals surface area contributed by atoms with Crippen LogP contribution in [-0.2, 0) is 4.74 Å². The minimum atomic E-state index is -0.269. The summed E-state index contributed by atoms with van der Waals surface area (Å²) in [7, 11) is 3.14. The van der Waals surface area contributed by atoms with Crippen molar-refractivity contribution < 1.29 is 24.5 Å². The van der Waals surface area contributed by atoms with Gasteiger partial charge in [-0.25, -0.2) is 0 Å². The van der Waals surface area contributed by atoms with Gasteiger partial charge in [-0.05, 0) is 24.6 Å². The molecular weight excluding hydrogens is 424 g/mol. The number of amides is 1. The Morgan fingerprint density at radius 3 is 2.87 bits per heavy atom. The standard InChI is InChI=1S/C21H27ClN4O4.H2O/c1-28-19-11-17(23)16(22)10-15(19)21(27)25-18-5-7-26(13-20(18)29-2)8-9-30-14-4-3-6-24-12-14;/h3-4,6,10-12,18,20H,5,7-9,13,23H2,1-2H3,(H,25,27);1H2/t18-,20+;/m1./s1. The zero-order valence-electron chi connectivity index (χ0n) is 17.6. The summed E-state index contributed by atoms with van der Waals surface area (Å²) < 4.78 is 16.7. The van der Waals surface area contributed by atoms with Crippen LogP contribution < -0.4 is 20.5 Å². The van der Waals surface area contributed by atoms with Gasteiger partial charge in [0.1, 0.15) is 18.1 Å². The van der Waals surface area contributed by atoms with Crippen LogP contribution in [0.2, 0.25) is 5.02 Å². The van der Waals surface area contributed by atoms with Crippen LogP contribution in [0.15, 0.2) is 36.7 Å². The molecule has 3 rings (SSSR count). The fraction of sp³-hybridized carbons (Fsp3) is 0.429. The number of carbonyl (C=O) groups is 1. The molecular formula is C21H29ClN4O5. The number of hydrogen-bond acceptors (Lipinski definition) is 7. The smallest absolute Gasteiger partial charge is 0.255 e. The molecule has 1 amide bonds. The predicted octanol–water partition coefficient (Wildman–Crippen LogP) is 1.40. The summed E-state index contributed by atoms with van der Waals surface area (Å²) in [6, 6.07) is 6.67. The van der Waals surface area contributed by atoms with E-state index in [0.717, 1.165) is 25.3 Å². The van der Waals surface area contributed by atoms with E-state index >= 15 is 0 Å². The number of methoxy groups -OCH3 is 2. The molecule has 0 unspecified atom stereocenters. The van der Waals surface area contributed by atoms with Gasteiger partial charge in [0, 0.05) is 39.0 Å². The van der Waals surface area contributed by atoms with Crippen LogP contribution in [0.25, 0.3) is 0 Å². The van der Waals surface area contributed by atoms with Crippen LogP contribution in [0.5, 0.6) is 11.5 Å². The molecule has 2 atom stereocenters. The van der Waals surface area contributed by atoms with Crippen molar-refractivity contribution in [3.8, 4) is 11.5 Å². The van der Waals surface area contributed by atoms with Crippen LogP contribution in [-0.4, -0.2) is 73.9 Å². The van der Waals surface area contributed by atoms with Gasteiger partial charge >= 0.3 is 0 Å².